The molecular weight excluding hydrogens is 222 g/mol. The second-order valence-electron chi connectivity index (χ2n) is 5.52. The number of likely N-dealkylation sites (N-methyl/N-ethyl adjacent to an activating group) is 1. The van der Waals surface area contributed by atoms with Gasteiger partial charge in [-0.15, -0.1) is 0 Å². The van der Waals surface area contributed by atoms with Crippen molar-refractivity contribution in [2.75, 3.05) is 14.2 Å². The van der Waals surface area contributed by atoms with Crippen LogP contribution in [0.3, 0.4) is 0 Å². The molecule has 0 aliphatic heterocycles. The predicted molar refractivity (Wildman–Crippen MR) is 76.1 cm³/mol. The Hall–Kier alpha value is -1.02. The lowest BCUT2D eigenvalue weighted by Gasteiger charge is -2.26. The Bertz CT molecular complexity index is 360. The first-order chi connectivity index (χ1) is 8.74. The fourth-order valence-electron chi connectivity index (χ4n) is 3.25. The smallest absolute Gasteiger partial charge is 0.118 e. The molecule has 3 unspecified atom stereocenters. The van der Waals surface area contributed by atoms with E-state index in [2.05, 4.69) is 43.6 Å². The van der Waals surface area contributed by atoms with Gasteiger partial charge in [-0.05, 0) is 49.4 Å². The van der Waals surface area contributed by atoms with Crippen molar-refractivity contribution in [2.45, 2.75) is 38.6 Å². The summed E-state index contributed by atoms with van der Waals surface area (Å²) in [6.07, 6.45) is 5.29. The van der Waals surface area contributed by atoms with Gasteiger partial charge in [-0.2, -0.15) is 0 Å². The summed E-state index contributed by atoms with van der Waals surface area (Å²) in [5, 5.41) is 3.52. The van der Waals surface area contributed by atoms with Crippen LogP contribution in [0.4, 0.5) is 0 Å². The van der Waals surface area contributed by atoms with Crippen LogP contribution in [-0.4, -0.2) is 20.2 Å². The zero-order valence-electron chi connectivity index (χ0n) is 11.8. The van der Waals surface area contributed by atoms with Crippen molar-refractivity contribution in [3.8, 4) is 5.75 Å². The van der Waals surface area contributed by atoms with Crippen molar-refractivity contribution in [2.24, 2.45) is 11.8 Å². The van der Waals surface area contributed by atoms with Crippen LogP contribution in [-0.2, 0) is 6.42 Å². The maximum Gasteiger partial charge on any atom is 0.118 e. The molecule has 1 saturated carbocycles. The summed E-state index contributed by atoms with van der Waals surface area (Å²) in [4.78, 5) is 0. The maximum absolute atomic E-state index is 5.20. The molecule has 2 heteroatoms. The van der Waals surface area contributed by atoms with E-state index in [1.54, 1.807) is 7.11 Å². The number of ether oxygens (including phenoxy) is 1. The molecule has 1 aliphatic rings. The highest BCUT2D eigenvalue weighted by Gasteiger charge is 2.29. The lowest BCUT2D eigenvalue weighted by Crippen LogP contribution is -2.36. The van der Waals surface area contributed by atoms with Gasteiger partial charge in [0, 0.05) is 6.04 Å². The molecule has 2 nitrogen and oxygen atoms in total. The van der Waals surface area contributed by atoms with Crippen LogP contribution in [0, 0.1) is 11.8 Å². The van der Waals surface area contributed by atoms with Crippen LogP contribution < -0.4 is 10.1 Å². The van der Waals surface area contributed by atoms with Crippen LogP contribution in [0.2, 0.25) is 0 Å². The third-order valence-electron chi connectivity index (χ3n) is 4.43. The molecule has 0 saturated heterocycles. The molecule has 0 bridgehead atoms. The number of rotatable bonds is 5. The molecule has 0 aromatic heterocycles. The molecule has 18 heavy (non-hydrogen) atoms. The number of nitrogens with one attached hydrogen (secondary N) is 1. The van der Waals surface area contributed by atoms with Gasteiger partial charge in [0.1, 0.15) is 5.75 Å². The minimum atomic E-state index is 0.607. The minimum absolute atomic E-state index is 0.607. The van der Waals surface area contributed by atoms with Crippen molar-refractivity contribution in [3.63, 3.8) is 0 Å². The number of methoxy groups -OCH3 is 1. The van der Waals surface area contributed by atoms with Gasteiger partial charge >= 0.3 is 0 Å². The number of hydrogen-bond donors (Lipinski definition) is 1. The highest BCUT2D eigenvalue weighted by atomic mass is 16.5. The Balaban J connectivity index is 2.00. The zero-order valence-corrected chi connectivity index (χ0v) is 11.8. The van der Waals surface area contributed by atoms with Gasteiger partial charge in [0.05, 0.1) is 7.11 Å². The van der Waals surface area contributed by atoms with Crippen molar-refractivity contribution in [1.29, 1.82) is 0 Å². The standard InChI is InChI=1S/C16H25NO/c1-12-5-4-6-15(12)16(17-2)11-13-7-9-14(18-3)10-8-13/h7-10,12,15-17H,4-6,11H2,1-3H3. The maximum atomic E-state index is 5.20. The van der Waals surface area contributed by atoms with E-state index < -0.39 is 0 Å². The second kappa shape index (κ2) is 6.24. The summed E-state index contributed by atoms with van der Waals surface area (Å²) in [6, 6.07) is 9.09. The van der Waals surface area contributed by atoms with Gasteiger partial charge in [0.25, 0.3) is 0 Å². The molecule has 1 N–H and O–H groups in total. The summed E-state index contributed by atoms with van der Waals surface area (Å²) in [5.41, 5.74) is 1.40. The van der Waals surface area contributed by atoms with Crippen LogP contribution in [0.5, 0.6) is 5.75 Å². The van der Waals surface area contributed by atoms with Gasteiger partial charge in [-0.25, -0.2) is 0 Å². The van der Waals surface area contributed by atoms with Crippen LogP contribution in [0.15, 0.2) is 24.3 Å². The van der Waals surface area contributed by atoms with Crippen LogP contribution >= 0.6 is 0 Å². The summed E-state index contributed by atoms with van der Waals surface area (Å²) in [6.45, 7) is 2.40. The Morgan fingerprint density at radius 1 is 1.28 bits per heavy atom. The highest BCUT2D eigenvalue weighted by molar-refractivity contribution is 5.27. The molecule has 3 atom stereocenters. The van der Waals surface area contributed by atoms with Gasteiger partial charge in [0.2, 0.25) is 0 Å². The van der Waals surface area contributed by atoms with E-state index in [9.17, 15) is 0 Å². The minimum Gasteiger partial charge on any atom is -0.497 e. The summed E-state index contributed by atoms with van der Waals surface area (Å²) >= 11 is 0. The van der Waals surface area contributed by atoms with Crippen molar-refractivity contribution >= 4 is 0 Å². The molecule has 0 amide bonds. The Labute approximate surface area is 111 Å². The monoisotopic (exact) mass is 247 g/mol. The van der Waals surface area contributed by atoms with E-state index in [-0.39, 0.29) is 0 Å². The van der Waals surface area contributed by atoms with E-state index in [0.29, 0.717) is 6.04 Å². The zero-order chi connectivity index (χ0) is 13.0. The van der Waals surface area contributed by atoms with Crippen LogP contribution in [0.1, 0.15) is 31.7 Å². The van der Waals surface area contributed by atoms with Crippen molar-refractivity contribution in [1.82, 2.24) is 5.32 Å². The summed E-state index contributed by atoms with van der Waals surface area (Å²) in [5.74, 6) is 2.63. The van der Waals surface area contributed by atoms with E-state index in [4.69, 9.17) is 4.74 Å². The third-order valence-corrected chi connectivity index (χ3v) is 4.43. The van der Waals surface area contributed by atoms with Crippen LogP contribution in [0.25, 0.3) is 0 Å². The van der Waals surface area contributed by atoms with E-state index in [1.165, 1.54) is 24.8 Å². The highest BCUT2D eigenvalue weighted by Crippen LogP contribution is 2.34. The van der Waals surface area contributed by atoms with Gasteiger partial charge in [-0.1, -0.05) is 31.9 Å². The predicted octanol–water partition coefficient (Wildman–Crippen LogP) is 3.26. The number of benzene rings is 1. The first-order valence-electron chi connectivity index (χ1n) is 7.04. The molecule has 0 spiro atoms. The average molecular weight is 247 g/mol. The fraction of sp³-hybridized carbons (Fsp3) is 0.625. The SMILES string of the molecule is CNC(Cc1ccc(OC)cc1)C1CCCC1C. The van der Waals surface area contributed by atoms with E-state index in [1.807, 2.05) is 0 Å². The topological polar surface area (TPSA) is 21.3 Å². The molecule has 2 rings (SSSR count). The lowest BCUT2D eigenvalue weighted by molar-refractivity contribution is 0.308. The fourth-order valence-corrected chi connectivity index (χ4v) is 3.25. The quantitative estimate of drug-likeness (QED) is 0.862. The first kappa shape index (κ1) is 13.4. The van der Waals surface area contributed by atoms with Gasteiger partial charge in [0.15, 0.2) is 0 Å². The molecule has 1 aliphatic carbocycles. The Kier molecular flexibility index (Phi) is 4.65. The van der Waals surface area contributed by atoms with E-state index in [0.717, 1.165) is 24.0 Å². The van der Waals surface area contributed by atoms with Crippen molar-refractivity contribution in [3.05, 3.63) is 29.8 Å². The molecule has 0 radical (unpaired) electrons. The molecule has 0 heterocycles. The van der Waals surface area contributed by atoms with Gasteiger partial charge < -0.3 is 10.1 Å². The number of hydrogen-bond acceptors (Lipinski definition) is 2. The van der Waals surface area contributed by atoms with Crippen molar-refractivity contribution < 1.29 is 4.74 Å². The molecule has 1 aromatic rings. The Morgan fingerprint density at radius 2 is 2.00 bits per heavy atom. The van der Waals surface area contributed by atoms with Gasteiger partial charge in [-0.3, -0.25) is 0 Å². The average Bonchev–Trinajstić information content (AvgIpc) is 2.83. The Morgan fingerprint density at radius 3 is 2.50 bits per heavy atom. The molecule has 1 fully saturated rings. The second-order valence-corrected chi connectivity index (χ2v) is 5.52. The molecular formula is C16H25NO. The molecule has 1 aromatic carbocycles. The lowest BCUT2D eigenvalue weighted by atomic mass is 9.86. The molecule has 100 valence electrons. The largest absolute Gasteiger partial charge is 0.497 e. The summed E-state index contributed by atoms with van der Waals surface area (Å²) in [7, 11) is 3.81. The van der Waals surface area contributed by atoms with E-state index >= 15 is 0 Å². The normalized spacial score (nSPS) is 25.1. The first-order valence-corrected chi connectivity index (χ1v) is 7.04. The third kappa shape index (κ3) is 3.05. The summed E-state index contributed by atoms with van der Waals surface area (Å²) < 4.78 is 5.20.